The number of carbonyl (C=O) groups is 3. The Kier molecular flexibility index (Phi) is 9.19. The number of hydrogen-bond donors (Lipinski definition) is 1. The third kappa shape index (κ3) is 5.44. The molecule has 218 valence electrons. The van der Waals surface area contributed by atoms with Crippen molar-refractivity contribution in [2.24, 2.45) is 11.8 Å². The van der Waals surface area contributed by atoms with Gasteiger partial charge in [0, 0.05) is 30.6 Å². The molecule has 41 heavy (non-hydrogen) atoms. The van der Waals surface area contributed by atoms with E-state index in [1.54, 1.807) is 27.6 Å². The maximum absolute atomic E-state index is 14.6. The molecular weight excluding hydrogens is 536 g/mol. The summed E-state index contributed by atoms with van der Waals surface area (Å²) >= 11 is 1.65. The van der Waals surface area contributed by atoms with E-state index in [2.05, 4.69) is 13.2 Å². The number of nitrogens with zero attached hydrogens (tertiary/aromatic N) is 2. The Bertz CT molecular complexity index is 1310. The average molecular weight is 577 g/mol. The zero-order chi connectivity index (χ0) is 29.0. The van der Waals surface area contributed by atoms with Crippen LogP contribution in [0.15, 0.2) is 67.8 Å². The first kappa shape index (κ1) is 29.4. The van der Waals surface area contributed by atoms with Crippen molar-refractivity contribution in [2.45, 2.75) is 61.0 Å². The predicted molar refractivity (Wildman–Crippen MR) is 164 cm³/mol. The van der Waals surface area contributed by atoms with Crippen LogP contribution in [0.5, 0.6) is 0 Å². The molecule has 5 rings (SSSR count). The molecule has 3 aliphatic heterocycles. The third-order valence-corrected chi connectivity index (χ3v) is 10.7. The van der Waals surface area contributed by atoms with Crippen molar-refractivity contribution < 1.29 is 24.2 Å². The highest BCUT2D eigenvalue weighted by molar-refractivity contribution is 8.02. The number of anilines is 1. The maximum Gasteiger partial charge on any atom is 0.310 e. The molecule has 8 heteroatoms. The number of rotatable bonds is 14. The second-order valence-corrected chi connectivity index (χ2v) is 12.8. The molecule has 1 N–H and O–H groups in total. The number of carbonyl (C=O) groups excluding carboxylic acids is 3. The minimum absolute atomic E-state index is 0.0204. The molecule has 3 aliphatic rings. The Morgan fingerprint density at radius 2 is 1.90 bits per heavy atom. The molecule has 3 saturated heterocycles. The van der Waals surface area contributed by atoms with Crippen LogP contribution >= 0.6 is 11.8 Å². The fraction of sp³-hybridized carbons (Fsp3) is 0.485. The second kappa shape index (κ2) is 12.8. The van der Waals surface area contributed by atoms with Gasteiger partial charge in [-0.15, -0.1) is 24.9 Å². The number of amides is 2. The Labute approximate surface area is 246 Å². The number of unbranched alkanes of at least 4 members (excludes halogenated alkanes) is 3. The third-order valence-electron chi connectivity index (χ3n) is 8.78. The minimum atomic E-state index is -0.703. The van der Waals surface area contributed by atoms with E-state index in [1.165, 1.54) is 0 Å². The fourth-order valence-electron chi connectivity index (χ4n) is 6.94. The second-order valence-electron chi connectivity index (χ2n) is 11.2. The van der Waals surface area contributed by atoms with Crippen molar-refractivity contribution in [2.75, 3.05) is 31.2 Å². The van der Waals surface area contributed by atoms with Gasteiger partial charge in [0.25, 0.3) is 5.91 Å². The van der Waals surface area contributed by atoms with Crippen molar-refractivity contribution in [1.82, 2.24) is 4.90 Å². The number of likely N-dealkylation sites (tertiary alicyclic amines) is 1. The van der Waals surface area contributed by atoms with Crippen molar-refractivity contribution in [3.63, 3.8) is 0 Å². The van der Waals surface area contributed by atoms with Crippen LogP contribution in [0.1, 0.15) is 44.9 Å². The number of thioether (sulfide) groups is 1. The summed E-state index contributed by atoms with van der Waals surface area (Å²) in [6, 6.07) is 13.3. The normalized spacial score (nSPS) is 26.3. The molecule has 0 aromatic heterocycles. The van der Waals surface area contributed by atoms with Gasteiger partial charge in [0.2, 0.25) is 5.91 Å². The van der Waals surface area contributed by atoms with E-state index in [0.717, 1.165) is 42.1 Å². The lowest BCUT2D eigenvalue weighted by Gasteiger charge is -2.37. The highest BCUT2D eigenvalue weighted by atomic mass is 32.2. The summed E-state index contributed by atoms with van der Waals surface area (Å²) in [6.07, 6.45) is 8.68. The molecule has 2 amide bonds. The van der Waals surface area contributed by atoms with Crippen LogP contribution in [0, 0.1) is 11.8 Å². The molecule has 2 aromatic carbocycles. The molecule has 0 radical (unpaired) electrons. The highest BCUT2D eigenvalue weighted by Gasteiger charge is 2.74. The first-order valence-electron chi connectivity index (χ1n) is 14.7. The number of hydrogen-bond acceptors (Lipinski definition) is 6. The number of esters is 1. The number of fused-ring (bicyclic) bond motifs is 2. The van der Waals surface area contributed by atoms with Gasteiger partial charge in [0.1, 0.15) is 6.04 Å². The number of aliphatic hydroxyl groups is 1. The number of ether oxygens (including phenoxy) is 1. The topological polar surface area (TPSA) is 87.1 Å². The number of allylic oxidation sites excluding steroid dienone is 1. The molecule has 3 fully saturated rings. The van der Waals surface area contributed by atoms with Crippen LogP contribution in [-0.4, -0.2) is 70.1 Å². The maximum atomic E-state index is 14.6. The quantitative estimate of drug-likeness (QED) is 0.191. The Balaban J connectivity index is 1.46. The average Bonchev–Trinajstić information content (AvgIpc) is 3.63. The van der Waals surface area contributed by atoms with Gasteiger partial charge < -0.3 is 19.6 Å². The van der Waals surface area contributed by atoms with Crippen LogP contribution in [0.4, 0.5) is 5.69 Å². The molecule has 2 unspecified atom stereocenters. The van der Waals surface area contributed by atoms with Crippen molar-refractivity contribution in [3.8, 4) is 0 Å². The lowest BCUT2D eigenvalue weighted by Crippen LogP contribution is -2.55. The van der Waals surface area contributed by atoms with Gasteiger partial charge in [-0.1, -0.05) is 42.5 Å². The SMILES string of the molecule is C=CCCCCOC(=O)[C@@H]1[C@H]2C(=O)N(CCCCO)C(C(=O)N(CC=C)c3ccc4ccccc4c3)C23CC[C@H]1S3. The van der Waals surface area contributed by atoms with Gasteiger partial charge in [-0.05, 0) is 67.9 Å². The first-order chi connectivity index (χ1) is 20.0. The molecule has 2 aromatic rings. The van der Waals surface area contributed by atoms with Crippen LogP contribution in [0.3, 0.4) is 0 Å². The lowest BCUT2D eigenvalue weighted by atomic mass is 9.71. The highest BCUT2D eigenvalue weighted by Crippen LogP contribution is 2.66. The van der Waals surface area contributed by atoms with E-state index in [1.807, 2.05) is 48.5 Å². The lowest BCUT2D eigenvalue weighted by molar-refractivity contribution is -0.154. The van der Waals surface area contributed by atoms with Gasteiger partial charge in [0.15, 0.2) is 0 Å². The summed E-state index contributed by atoms with van der Waals surface area (Å²) in [5, 5.41) is 11.5. The zero-order valence-corrected chi connectivity index (χ0v) is 24.4. The summed E-state index contributed by atoms with van der Waals surface area (Å²) in [4.78, 5) is 45.6. The number of aliphatic hydroxyl groups excluding tert-OH is 1. The molecule has 3 heterocycles. The molecular formula is C33H40N2O5S. The van der Waals surface area contributed by atoms with E-state index < -0.39 is 22.6 Å². The van der Waals surface area contributed by atoms with E-state index >= 15 is 0 Å². The Morgan fingerprint density at radius 3 is 2.66 bits per heavy atom. The summed E-state index contributed by atoms with van der Waals surface area (Å²) in [6.45, 7) is 8.66. The smallest absolute Gasteiger partial charge is 0.310 e. The van der Waals surface area contributed by atoms with Gasteiger partial charge >= 0.3 is 5.97 Å². The van der Waals surface area contributed by atoms with E-state index in [4.69, 9.17) is 4.74 Å². The molecule has 2 bridgehead atoms. The van der Waals surface area contributed by atoms with Gasteiger partial charge in [-0.3, -0.25) is 14.4 Å². The van der Waals surface area contributed by atoms with Crippen LogP contribution in [-0.2, 0) is 19.1 Å². The van der Waals surface area contributed by atoms with E-state index in [-0.39, 0.29) is 29.6 Å². The van der Waals surface area contributed by atoms with E-state index in [0.29, 0.717) is 39.0 Å². The fourth-order valence-corrected chi connectivity index (χ4v) is 9.14. The van der Waals surface area contributed by atoms with Crippen molar-refractivity contribution in [3.05, 3.63) is 67.8 Å². The van der Waals surface area contributed by atoms with Crippen LogP contribution < -0.4 is 4.90 Å². The van der Waals surface area contributed by atoms with Crippen LogP contribution in [0.2, 0.25) is 0 Å². The predicted octanol–water partition coefficient (Wildman–Crippen LogP) is 5.12. The molecule has 5 atom stereocenters. The van der Waals surface area contributed by atoms with Gasteiger partial charge in [-0.2, -0.15) is 0 Å². The van der Waals surface area contributed by atoms with E-state index in [9.17, 15) is 19.5 Å². The first-order valence-corrected chi connectivity index (χ1v) is 15.6. The van der Waals surface area contributed by atoms with Crippen LogP contribution in [0.25, 0.3) is 10.8 Å². The molecule has 0 saturated carbocycles. The minimum Gasteiger partial charge on any atom is -0.465 e. The summed E-state index contributed by atoms with van der Waals surface area (Å²) < 4.78 is 5.03. The molecule has 1 spiro atoms. The van der Waals surface area contributed by atoms with Gasteiger partial charge in [-0.25, -0.2) is 0 Å². The zero-order valence-electron chi connectivity index (χ0n) is 23.6. The van der Waals surface area contributed by atoms with Crippen molar-refractivity contribution >= 4 is 46.0 Å². The van der Waals surface area contributed by atoms with Crippen molar-refractivity contribution in [1.29, 1.82) is 0 Å². The Morgan fingerprint density at radius 1 is 1.10 bits per heavy atom. The standard InChI is InChI=1S/C33H40N2O5S/c1-3-5-6-11-21-40-32(39)27-26-16-17-33(41-26)28(27)30(37)35(19-9-10-20-36)29(33)31(38)34(18-4-2)25-15-14-23-12-7-8-13-24(23)22-25/h3-4,7-8,12-15,22,26-29,36H,1-2,5-6,9-11,16-21H2/t26-,27+,28+,29?,33?/m1/s1. The Hall–Kier alpha value is -3.10. The molecule has 0 aliphatic carbocycles. The summed E-state index contributed by atoms with van der Waals surface area (Å²) in [7, 11) is 0. The number of benzene rings is 2. The summed E-state index contributed by atoms with van der Waals surface area (Å²) in [5.74, 6) is -1.74. The van der Waals surface area contributed by atoms with Gasteiger partial charge in [0.05, 0.1) is 23.2 Å². The molecule has 7 nitrogen and oxygen atoms in total. The monoisotopic (exact) mass is 576 g/mol. The largest absolute Gasteiger partial charge is 0.465 e. The summed E-state index contributed by atoms with van der Waals surface area (Å²) in [5.41, 5.74) is 0.754.